The maximum absolute atomic E-state index is 13.1. The molecule has 1 aromatic carbocycles. The van der Waals surface area contributed by atoms with Crippen LogP contribution in [0, 0.1) is 18.1 Å². The van der Waals surface area contributed by atoms with E-state index < -0.39 is 11.6 Å². The average molecular weight is 165 g/mol. The Bertz CT molecular complexity index is 340. The Balaban J connectivity index is 2.58. The van der Waals surface area contributed by atoms with Crippen molar-refractivity contribution < 1.29 is 8.78 Å². The van der Waals surface area contributed by atoms with Gasteiger partial charge in [0.15, 0.2) is 11.6 Å². The zero-order valence-electron chi connectivity index (χ0n) is 6.35. The quantitative estimate of drug-likeness (QED) is 0.554. The van der Waals surface area contributed by atoms with Crippen LogP contribution < -0.4 is 0 Å². The molecule has 12 heavy (non-hydrogen) atoms. The predicted molar refractivity (Wildman–Crippen MR) is 42.6 cm³/mol. The van der Waals surface area contributed by atoms with Gasteiger partial charge in [0.1, 0.15) is 0 Å². The summed E-state index contributed by atoms with van der Waals surface area (Å²) in [5.41, 5.74) is 1.23. The molecule has 0 heterocycles. The SMILES string of the molecule is Fc1ccc2c(c1F)CC=C[CH]2. The van der Waals surface area contributed by atoms with Crippen molar-refractivity contribution in [2.24, 2.45) is 0 Å². The summed E-state index contributed by atoms with van der Waals surface area (Å²) in [6.07, 6.45) is 5.92. The molecule has 2 heteroatoms. The van der Waals surface area contributed by atoms with Gasteiger partial charge in [-0.05, 0) is 23.6 Å². The van der Waals surface area contributed by atoms with E-state index in [9.17, 15) is 8.78 Å². The van der Waals surface area contributed by atoms with Crippen LogP contribution in [0.1, 0.15) is 11.1 Å². The van der Waals surface area contributed by atoms with E-state index in [0.29, 0.717) is 12.0 Å². The van der Waals surface area contributed by atoms with Crippen LogP contribution in [0.15, 0.2) is 24.3 Å². The van der Waals surface area contributed by atoms with Gasteiger partial charge in [-0.1, -0.05) is 18.2 Å². The lowest BCUT2D eigenvalue weighted by molar-refractivity contribution is 0.500. The molecule has 0 aliphatic heterocycles. The molecule has 0 spiro atoms. The van der Waals surface area contributed by atoms with Gasteiger partial charge in [-0.15, -0.1) is 0 Å². The smallest absolute Gasteiger partial charge is 0.162 e. The monoisotopic (exact) mass is 165 g/mol. The molecule has 0 fully saturated rings. The Kier molecular flexibility index (Phi) is 1.68. The van der Waals surface area contributed by atoms with Gasteiger partial charge in [-0.3, -0.25) is 0 Å². The van der Waals surface area contributed by atoms with Crippen molar-refractivity contribution in [2.45, 2.75) is 6.42 Å². The predicted octanol–water partition coefficient (Wildman–Crippen LogP) is 2.63. The molecule has 1 aliphatic carbocycles. The van der Waals surface area contributed by atoms with Gasteiger partial charge < -0.3 is 0 Å². The first-order valence-corrected chi connectivity index (χ1v) is 3.76. The summed E-state index contributed by atoms with van der Waals surface area (Å²) in [4.78, 5) is 0. The van der Waals surface area contributed by atoms with Gasteiger partial charge in [-0.2, -0.15) is 0 Å². The minimum absolute atomic E-state index is 0.456. The van der Waals surface area contributed by atoms with Crippen molar-refractivity contribution in [1.82, 2.24) is 0 Å². The van der Waals surface area contributed by atoms with Crippen LogP contribution in [-0.4, -0.2) is 0 Å². The highest BCUT2D eigenvalue weighted by molar-refractivity contribution is 5.42. The fourth-order valence-corrected chi connectivity index (χ4v) is 1.33. The normalized spacial score (nSPS) is 14.5. The van der Waals surface area contributed by atoms with Crippen LogP contribution >= 0.6 is 0 Å². The van der Waals surface area contributed by atoms with Crippen molar-refractivity contribution in [3.05, 3.63) is 53.5 Å². The van der Waals surface area contributed by atoms with Crippen molar-refractivity contribution in [3.8, 4) is 0 Å². The Hall–Kier alpha value is -1.18. The number of fused-ring (bicyclic) bond motifs is 1. The van der Waals surface area contributed by atoms with E-state index in [1.807, 2.05) is 12.2 Å². The second-order valence-electron chi connectivity index (χ2n) is 2.73. The first kappa shape index (κ1) is 7.47. The largest absolute Gasteiger partial charge is 0.204 e. The molecule has 0 bridgehead atoms. The highest BCUT2D eigenvalue weighted by Crippen LogP contribution is 2.22. The fourth-order valence-electron chi connectivity index (χ4n) is 1.33. The van der Waals surface area contributed by atoms with Gasteiger partial charge in [0, 0.05) is 6.42 Å². The molecule has 0 aromatic heterocycles. The van der Waals surface area contributed by atoms with E-state index in [-0.39, 0.29) is 0 Å². The summed E-state index contributed by atoms with van der Waals surface area (Å²) in [6.45, 7) is 0. The van der Waals surface area contributed by atoms with E-state index in [1.165, 1.54) is 0 Å². The van der Waals surface area contributed by atoms with Gasteiger partial charge >= 0.3 is 0 Å². The summed E-state index contributed by atoms with van der Waals surface area (Å²) < 4.78 is 25.7. The van der Waals surface area contributed by atoms with Crippen molar-refractivity contribution in [1.29, 1.82) is 0 Å². The van der Waals surface area contributed by atoms with Crippen LogP contribution in [0.4, 0.5) is 8.78 Å². The molecule has 61 valence electrons. The lowest BCUT2D eigenvalue weighted by Crippen LogP contribution is -2.01. The molecule has 0 unspecified atom stereocenters. The lowest BCUT2D eigenvalue weighted by Gasteiger charge is -2.10. The highest BCUT2D eigenvalue weighted by atomic mass is 19.2. The van der Waals surface area contributed by atoms with Crippen LogP contribution in [0.5, 0.6) is 0 Å². The molecule has 2 rings (SSSR count). The third-order valence-corrected chi connectivity index (χ3v) is 1.97. The van der Waals surface area contributed by atoms with E-state index in [4.69, 9.17) is 0 Å². The molecule has 0 nitrogen and oxygen atoms in total. The number of halogens is 2. The molecule has 0 saturated carbocycles. The van der Waals surface area contributed by atoms with Gasteiger partial charge in [0.25, 0.3) is 0 Å². The number of hydrogen-bond donors (Lipinski definition) is 0. The van der Waals surface area contributed by atoms with Crippen LogP contribution in [0.25, 0.3) is 0 Å². The number of hydrogen-bond acceptors (Lipinski definition) is 0. The van der Waals surface area contributed by atoms with Crippen molar-refractivity contribution in [3.63, 3.8) is 0 Å². The topological polar surface area (TPSA) is 0 Å². The zero-order valence-corrected chi connectivity index (χ0v) is 6.35. The minimum atomic E-state index is -0.766. The van der Waals surface area contributed by atoms with Crippen LogP contribution in [0.3, 0.4) is 0 Å². The summed E-state index contributed by atoms with van der Waals surface area (Å²) >= 11 is 0. The third kappa shape index (κ3) is 1.04. The summed E-state index contributed by atoms with van der Waals surface area (Å²) in [7, 11) is 0. The first-order valence-electron chi connectivity index (χ1n) is 3.76. The van der Waals surface area contributed by atoms with Crippen LogP contribution in [-0.2, 0) is 6.42 Å². The summed E-state index contributed by atoms with van der Waals surface area (Å²) in [5.74, 6) is -1.48. The molecule has 1 aromatic rings. The minimum Gasteiger partial charge on any atom is -0.204 e. The zero-order chi connectivity index (χ0) is 8.55. The molecule has 1 radical (unpaired) electrons. The molecule has 0 N–H and O–H groups in total. The van der Waals surface area contributed by atoms with E-state index in [2.05, 4.69) is 0 Å². The molecular weight excluding hydrogens is 158 g/mol. The number of rotatable bonds is 0. The molecule has 0 saturated heterocycles. The molecule has 1 aliphatic rings. The highest BCUT2D eigenvalue weighted by Gasteiger charge is 2.13. The second kappa shape index (κ2) is 2.70. The Morgan fingerprint density at radius 3 is 2.83 bits per heavy atom. The Morgan fingerprint density at radius 1 is 1.17 bits per heavy atom. The van der Waals surface area contributed by atoms with E-state index >= 15 is 0 Å². The lowest BCUT2D eigenvalue weighted by atomic mass is 9.96. The first-order chi connectivity index (χ1) is 5.79. The number of benzene rings is 1. The summed E-state index contributed by atoms with van der Waals surface area (Å²) in [5, 5.41) is 0. The molecule has 0 amide bonds. The standard InChI is InChI=1S/C10H7F2/c11-9-6-5-7-3-1-2-4-8(7)10(9)12/h1-3,5-6H,4H2. The van der Waals surface area contributed by atoms with Gasteiger partial charge in [0.2, 0.25) is 0 Å². The van der Waals surface area contributed by atoms with E-state index in [0.717, 1.165) is 11.6 Å². The van der Waals surface area contributed by atoms with Gasteiger partial charge in [-0.25, -0.2) is 8.78 Å². The van der Waals surface area contributed by atoms with E-state index in [1.54, 1.807) is 12.5 Å². The van der Waals surface area contributed by atoms with Crippen molar-refractivity contribution >= 4 is 0 Å². The maximum Gasteiger partial charge on any atom is 0.162 e. The fraction of sp³-hybridized carbons (Fsp3) is 0.100. The Labute approximate surface area is 69.5 Å². The Morgan fingerprint density at radius 2 is 2.00 bits per heavy atom. The third-order valence-electron chi connectivity index (χ3n) is 1.97. The summed E-state index contributed by atoms with van der Waals surface area (Å²) in [6, 6.07) is 2.75. The van der Waals surface area contributed by atoms with Gasteiger partial charge in [0.05, 0.1) is 0 Å². The maximum atomic E-state index is 13.1. The number of allylic oxidation sites excluding steroid dienone is 2. The van der Waals surface area contributed by atoms with Crippen LogP contribution in [0.2, 0.25) is 0 Å². The van der Waals surface area contributed by atoms with Crippen molar-refractivity contribution in [2.75, 3.05) is 0 Å². The molecule has 0 atom stereocenters. The second-order valence-corrected chi connectivity index (χ2v) is 2.73. The molecular formula is C10H7F2. The average Bonchev–Trinajstić information content (AvgIpc) is 2.12.